The number of rotatable bonds is 2. The fourth-order valence-electron chi connectivity index (χ4n) is 2.86. The van der Waals surface area contributed by atoms with Gasteiger partial charge in [-0.1, -0.05) is 0 Å². The van der Waals surface area contributed by atoms with Crippen LogP contribution in [0.5, 0.6) is 0 Å². The lowest BCUT2D eigenvalue weighted by Gasteiger charge is -2.30. The summed E-state index contributed by atoms with van der Waals surface area (Å²) in [5.41, 5.74) is 7.09. The van der Waals surface area contributed by atoms with Crippen LogP contribution in [0, 0.1) is 5.92 Å². The maximum absolute atomic E-state index is 6.30. The smallest absolute Gasteiger partial charge is 0.0950 e. The van der Waals surface area contributed by atoms with Gasteiger partial charge in [0.15, 0.2) is 0 Å². The second kappa shape index (κ2) is 3.60. The van der Waals surface area contributed by atoms with Crippen molar-refractivity contribution in [3.05, 3.63) is 24.2 Å². The molecular formula is C13H21NO2. The van der Waals surface area contributed by atoms with Crippen LogP contribution in [0.1, 0.15) is 45.7 Å². The Kier molecular flexibility index (Phi) is 2.63. The van der Waals surface area contributed by atoms with Crippen molar-refractivity contribution in [3.63, 3.8) is 0 Å². The molecule has 1 aliphatic heterocycles. The van der Waals surface area contributed by atoms with Crippen LogP contribution in [0.4, 0.5) is 0 Å². The Labute approximate surface area is 97.0 Å². The molecule has 2 rings (SSSR count). The summed E-state index contributed by atoms with van der Waals surface area (Å²) < 4.78 is 11.2. The molecule has 1 saturated heterocycles. The predicted molar refractivity (Wildman–Crippen MR) is 63.0 cm³/mol. The van der Waals surface area contributed by atoms with Crippen LogP contribution >= 0.6 is 0 Å². The van der Waals surface area contributed by atoms with Gasteiger partial charge in [-0.3, -0.25) is 0 Å². The number of furan rings is 1. The molecule has 3 heteroatoms. The minimum Gasteiger partial charge on any atom is -0.472 e. The van der Waals surface area contributed by atoms with E-state index in [-0.39, 0.29) is 17.2 Å². The molecule has 0 bridgehead atoms. The number of hydrogen-bond acceptors (Lipinski definition) is 3. The topological polar surface area (TPSA) is 48.4 Å². The van der Waals surface area contributed by atoms with Crippen LogP contribution in [0.15, 0.2) is 23.0 Å². The number of nitrogens with two attached hydrogens (primary N) is 1. The molecule has 0 aliphatic carbocycles. The SMILES string of the molecule is CC1(C)CC(C(N)c2ccoc2)C(C)(C)O1. The zero-order chi connectivity index (χ0) is 12.0. The van der Waals surface area contributed by atoms with Crippen LogP contribution in [-0.2, 0) is 4.74 Å². The monoisotopic (exact) mass is 223 g/mol. The van der Waals surface area contributed by atoms with Gasteiger partial charge in [0.2, 0.25) is 0 Å². The lowest BCUT2D eigenvalue weighted by Crippen LogP contribution is -2.35. The Balaban J connectivity index is 2.22. The highest BCUT2D eigenvalue weighted by Crippen LogP contribution is 2.46. The summed E-state index contributed by atoms with van der Waals surface area (Å²) in [6.07, 6.45) is 4.38. The van der Waals surface area contributed by atoms with E-state index in [0.717, 1.165) is 12.0 Å². The van der Waals surface area contributed by atoms with Crippen LogP contribution in [0.3, 0.4) is 0 Å². The third kappa shape index (κ3) is 2.02. The number of hydrogen-bond donors (Lipinski definition) is 1. The van der Waals surface area contributed by atoms with Gasteiger partial charge in [0.1, 0.15) is 0 Å². The third-order valence-electron chi connectivity index (χ3n) is 3.51. The minimum absolute atomic E-state index is 0.0180. The van der Waals surface area contributed by atoms with E-state index in [2.05, 4.69) is 27.7 Å². The van der Waals surface area contributed by atoms with Crippen LogP contribution in [0.2, 0.25) is 0 Å². The summed E-state index contributed by atoms with van der Waals surface area (Å²) in [5, 5.41) is 0. The molecule has 1 aromatic heterocycles. The largest absolute Gasteiger partial charge is 0.472 e. The van der Waals surface area contributed by atoms with Crippen molar-refractivity contribution in [2.75, 3.05) is 0 Å². The van der Waals surface area contributed by atoms with Gasteiger partial charge in [-0.2, -0.15) is 0 Å². The second-order valence-corrected chi connectivity index (χ2v) is 5.86. The molecule has 16 heavy (non-hydrogen) atoms. The minimum atomic E-state index is -0.180. The summed E-state index contributed by atoms with van der Waals surface area (Å²) in [7, 11) is 0. The number of ether oxygens (including phenoxy) is 1. The van der Waals surface area contributed by atoms with Gasteiger partial charge in [-0.05, 0) is 40.2 Å². The van der Waals surface area contributed by atoms with Crippen molar-refractivity contribution in [1.82, 2.24) is 0 Å². The standard InChI is InChI=1S/C13H21NO2/c1-12(2)7-10(13(3,4)16-12)11(14)9-5-6-15-8-9/h5-6,8,10-11H,7,14H2,1-4H3. The first-order chi connectivity index (χ1) is 7.32. The molecule has 2 heterocycles. The third-order valence-corrected chi connectivity index (χ3v) is 3.51. The molecule has 1 aliphatic rings. The summed E-state index contributed by atoms with van der Waals surface area (Å²) in [6, 6.07) is 1.92. The normalized spacial score (nSPS) is 29.2. The second-order valence-electron chi connectivity index (χ2n) is 5.86. The van der Waals surface area contributed by atoms with Gasteiger partial charge in [-0.25, -0.2) is 0 Å². The van der Waals surface area contributed by atoms with Crippen LogP contribution < -0.4 is 5.73 Å². The molecule has 0 radical (unpaired) electrons. The highest BCUT2D eigenvalue weighted by atomic mass is 16.5. The van der Waals surface area contributed by atoms with E-state index in [4.69, 9.17) is 14.9 Å². The van der Waals surface area contributed by atoms with E-state index < -0.39 is 0 Å². The van der Waals surface area contributed by atoms with E-state index in [0.29, 0.717) is 5.92 Å². The van der Waals surface area contributed by atoms with E-state index in [1.807, 2.05) is 6.07 Å². The molecular weight excluding hydrogens is 202 g/mol. The molecule has 2 N–H and O–H groups in total. The summed E-state index contributed by atoms with van der Waals surface area (Å²) in [4.78, 5) is 0. The molecule has 0 spiro atoms. The van der Waals surface area contributed by atoms with E-state index >= 15 is 0 Å². The molecule has 2 atom stereocenters. The maximum atomic E-state index is 6.30. The molecule has 1 aromatic rings. The molecule has 0 aromatic carbocycles. The van der Waals surface area contributed by atoms with E-state index in [1.54, 1.807) is 12.5 Å². The molecule has 0 amide bonds. The quantitative estimate of drug-likeness (QED) is 0.838. The Hall–Kier alpha value is -0.800. The highest BCUT2D eigenvalue weighted by molar-refractivity contribution is 5.15. The van der Waals surface area contributed by atoms with Crippen molar-refractivity contribution in [3.8, 4) is 0 Å². The summed E-state index contributed by atoms with van der Waals surface area (Å²) in [5.74, 6) is 0.320. The van der Waals surface area contributed by atoms with Crippen molar-refractivity contribution in [2.24, 2.45) is 11.7 Å². The zero-order valence-electron chi connectivity index (χ0n) is 10.5. The van der Waals surface area contributed by atoms with Crippen molar-refractivity contribution >= 4 is 0 Å². The Morgan fingerprint density at radius 2 is 2.06 bits per heavy atom. The maximum Gasteiger partial charge on any atom is 0.0950 e. The first-order valence-electron chi connectivity index (χ1n) is 5.80. The fourth-order valence-corrected chi connectivity index (χ4v) is 2.86. The first-order valence-corrected chi connectivity index (χ1v) is 5.80. The first kappa shape index (κ1) is 11.7. The van der Waals surface area contributed by atoms with Crippen LogP contribution in [0.25, 0.3) is 0 Å². The Morgan fingerprint density at radius 1 is 1.38 bits per heavy atom. The summed E-state index contributed by atoms with van der Waals surface area (Å²) >= 11 is 0. The van der Waals surface area contributed by atoms with Gasteiger partial charge >= 0.3 is 0 Å². The molecule has 90 valence electrons. The van der Waals surface area contributed by atoms with Gasteiger partial charge in [-0.15, -0.1) is 0 Å². The van der Waals surface area contributed by atoms with Crippen molar-refractivity contribution in [2.45, 2.75) is 51.4 Å². The predicted octanol–water partition coefficient (Wildman–Crippen LogP) is 2.87. The van der Waals surface area contributed by atoms with Gasteiger partial charge in [0.05, 0.1) is 23.7 Å². The summed E-state index contributed by atoms with van der Waals surface area (Å²) in [6.45, 7) is 8.48. The Bertz CT molecular complexity index is 354. The highest BCUT2D eigenvalue weighted by Gasteiger charge is 2.48. The van der Waals surface area contributed by atoms with E-state index in [1.165, 1.54) is 0 Å². The van der Waals surface area contributed by atoms with Crippen molar-refractivity contribution in [1.29, 1.82) is 0 Å². The van der Waals surface area contributed by atoms with Crippen molar-refractivity contribution < 1.29 is 9.15 Å². The fraction of sp³-hybridized carbons (Fsp3) is 0.692. The lowest BCUT2D eigenvalue weighted by molar-refractivity contribution is -0.0767. The molecule has 0 saturated carbocycles. The molecule has 1 fully saturated rings. The van der Waals surface area contributed by atoms with Gasteiger partial charge in [0.25, 0.3) is 0 Å². The molecule has 2 unspecified atom stereocenters. The zero-order valence-corrected chi connectivity index (χ0v) is 10.5. The molecule has 3 nitrogen and oxygen atoms in total. The van der Waals surface area contributed by atoms with Crippen LogP contribution in [-0.4, -0.2) is 11.2 Å². The van der Waals surface area contributed by atoms with Gasteiger partial charge < -0.3 is 14.9 Å². The Morgan fingerprint density at radius 3 is 2.50 bits per heavy atom. The lowest BCUT2D eigenvalue weighted by atomic mass is 9.80. The van der Waals surface area contributed by atoms with Gasteiger partial charge in [0, 0.05) is 17.5 Å². The van der Waals surface area contributed by atoms with E-state index in [9.17, 15) is 0 Å². The average Bonchev–Trinajstić information content (AvgIpc) is 2.69. The average molecular weight is 223 g/mol.